The van der Waals surface area contributed by atoms with Crippen molar-refractivity contribution < 1.29 is 14.3 Å². The van der Waals surface area contributed by atoms with Crippen LogP contribution < -0.4 is 9.47 Å². The Balaban J connectivity index is 1.61. The van der Waals surface area contributed by atoms with Crippen LogP contribution in [0.1, 0.15) is 29.0 Å². The van der Waals surface area contributed by atoms with Crippen molar-refractivity contribution in [1.29, 1.82) is 0 Å². The second-order valence-electron chi connectivity index (χ2n) is 8.03. The summed E-state index contributed by atoms with van der Waals surface area (Å²) in [4.78, 5) is 15.5. The molecule has 0 saturated carbocycles. The number of benzene rings is 3. The van der Waals surface area contributed by atoms with E-state index in [-0.39, 0.29) is 11.8 Å². The van der Waals surface area contributed by atoms with Gasteiger partial charge in [-0.25, -0.2) is 0 Å². The number of carbonyl (C=O) groups excluding carboxylic acids is 1. The molecule has 4 heteroatoms. The molecule has 0 radical (unpaired) electrons. The first-order valence-corrected chi connectivity index (χ1v) is 10.8. The number of hydrogen-bond donors (Lipinski definition) is 0. The molecule has 1 atom stereocenters. The van der Waals surface area contributed by atoms with Crippen LogP contribution in [0.15, 0.2) is 78.9 Å². The molecule has 0 aliphatic carbocycles. The zero-order chi connectivity index (χ0) is 21.6. The van der Waals surface area contributed by atoms with Gasteiger partial charge in [0.25, 0.3) is 0 Å². The van der Waals surface area contributed by atoms with Gasteiger partial charge in [-0.15, -0.1) is 0 Å². The molecular formula is C27H29NO3. The van der Waals surface area contributed by atoms with Gasteiger partial charge >= 0.3 is 0 Å². The maximum Gasteiger partial charge on any atom is 0.139 e. The predicted octanol–water partition coefficient (Wildman–Crippen LogP) is 4.93. The molecule has 1 heterocycles. The maximum absolute atomic E-state index is 13.1. The highest BCUT2D eigenvalue weighted by Crippen LogP contribution is 2.36. The molecule has 0 spiro atoms. The Morgan fingerprint density at radius 3 is 2.13 bits per heavy atom. The number of Topliss-reactive ketones (excluding diaryl/α,β-unsaturated/α-hetero) is 1. The van der Waals surface area contributed by atoms with Crippen LogP contribution >= 0.6 is 0 Å². The van der Waals surface area contributed by atoms with Crippen molar-refractivity contribution in [2.75, 3.05) is 27.3 Å². The molecule has 0 amide bonds. The second kappa shape index (κ2) is 9.80. The Morgan fingerprint density at radius 2 is 1.55 bits per heavy atom. The van der Waals surface area contributed by atoms with Crippen LogP contribution in [0.3, 0.4) is 0 Å². The summed E-state index contributed by atoms with van der Waals surface area (Å²) in [6.07, 6.45) is 0.569. The van der Waals surface area contributed by atoms with Gasteiger partial charge in [-0.1, -0.05) is 66.7 Å². The number of hydrogen-bond acceptors (Lipinski definition) is 4. The van der Waals surface area contributed by atoms with Crippen LogP contribution in [0, 0.1) is 5.92 Å². The number of methoxy groups -OCH3 is 2. The molecule has 1 fully saturated rings. The van der Waals surface area contributed by atoms with Crippen LogP contribution in [0.5, 0.6) is 11.5 Å². The van der Waals surface area contributed by atoms with E-state index in [1.807, 2.05) is 24.3 Å². The average Bonchev–Trinajstić information content (AvgIpc) is 2.83. The highest BCUT2D eigenvalue weighted by atomic mass is 16.5. The van der Waals surface area contributed by atoms with Crippen molar-refractivity contribution in [3.63, 3.8) is 0 Å². The normalized spacial score (nSPS) is 17.0. The van der Waals surface area contributed by atoms with Crippen LogP contribution in [0.2, 0.25) is 0 Å². The highest BCUT2D eigenvalue weighted by Gasteiger charge is 2.35. The topological polar surface area (TPSA) is 38.8 Å². The lowest BCUT2D eigenvalue weighted by atomic mass is 9.76. The third kappa shape index (κ3) is 4.80. The van der Waals surface area contributed by atoms with Crippen molar-refractivity contribution in [3.8, 4) is 11.5 Å². The van der Waals surface area contributed by atoms with Gasteiger partial charge in [0.1, 0.15) is 17.3 Å². The van der Waals surface area contributed by atoms with E-state index in [2.05, 4.69) is 59.5 Å². The number of nitrogens with zero attached hydrogens (tertiary/aromatic N) is 1. The van der Waals surface area contributed by atoms with Crippen molar-refractivity contribution in [2.45, 2.75) is 18.9 Å². The monoisotopic (exact) mass is 415 g/mol. The molecule has 1 saturated heterocycles. The first-order chi connectivity index (χ1) is 15.2. The number of piperidine rings is 1. The third-order valence-electron chi connectivity index (χ3n) is 6.15. The van der Waals surface area contributed by atoms with Gasteiger partial charge in [-0.2, -0.15) is 0 Å². The number of likely N-dealkylation sites (tertiary alicyclic amines) is 1. The zero-order valence-electron chi connectivity index (χ0n) is 18.2. The molecule has 3 aromatic rings. The van der Waals surface area contributed by atoms with Gasteiger partial charge < -0.3 is 9.47 Å². The van der Waals surface area contributed by atoms with Gasteiger partial charge in [0.05, 0.1) is 14.2 Å². The van der Waals surface area contributed by atoms with Crippen LogP contribution in [-0.4, -0.2) is 38.0 Å². The summed E-state index contributed by atoms with van der Waals surface area (Å²) in [6.45, 7) is 2.23. The molecule has 3 aromatic carbocycles. The summed E-state index contributed by atoms with van der Waals surface area (Å²) < 4.78 is 10.9. The Kier molecular flexibility index (Phi) is 6.68. The molecule has 1 unspecified atom stereocenters. The van der Waals surface area contributed by atoms with E-state index in [1.165, 1.54) is 11.1 Å². The summed E-state index contributed by atoms with van der Waals surface area (Å²) in [6, 6.07) is 26.7. The number of ether oxygens (including phenoxy) is 2. The molecule has 1 aliphatic heterocycles. The molecule has 0 N–H and O–H groups in total. The lowest BCUT2D eigenvalue weighted by Crippen LogP contribution is -2.43. The molecule has 0 bridgehead atoms. The van der Waals surface area contributed by atoms with Crippen molar-refractivity contribution in [1.82, 2.24) is 4.90 Å². The fourth-order valence-corrected chi connectivity index (χ4v) is 4.56. The fourth-order valence-electron chi connectivity index (χ4n) is 4.56. The first-order valence-electron chi connectivity index (χ1n) is 10.8. The Bertz CT molecular complexity index is 964. The molecule has 4 nitrogen and oxygen atoms in total. The van der Waals surface area contributed by atoms with Gasteiger partial charge in [0.2, 0.25) is 0 Å². The van der Waals surface area contributed by atoms with Crippen molar-refractivity contribution in [2.24, 2.45) is 5.92 Å². The minimum Gasteiger partial charge on any atom is -0.497 e. The van der Waals surface area contributed by atoms with Crippen LogP contribution in [0.25, 0.3) is 0 Å². The Morgan fingerprint density at radius 1 is 0.903 bits per heavy atom. The average molecular weight is 416 g/mol. The van der Waals surface area contributed by atoms with Gasteiger partial charge in [-0.05, 0) is 17.2 Å². The van der Waals surface area contributed by atoms with E-state index in [4.69, 9.17) is 9.47 Å². The smallest absolute Gasteiger partial charge is 0.139 e. The number of ketones is 1. The molecule has 31 heavy (non-hydrogen) atoms. The Hall–Kier alpha value is -3.11. The fraction of sp³-hybridized carbons (Fsp3) is 0.296. The summed E-state index contributed by atoms with van der Waals surface area (Å²) in [5.74, 6) is 1.91. The number of carbonyl (C=O) groups is 1. The molecule has 0 aromatic heterocycles. The van der Waals surface area contributed by atoms with Crippen molar-refractivity contribution in [3.05, 3.63) is 95.6 Å². The predicted molar refractivity (Wildman–Crippen MR) is 123 cm³/mol. The summed E-state index contributed by atoms with van der Waals surface area (Å²) in [5, 5.41) is 0. The summed E-state index contributed by atoms with van der Waals surface area (Å²) >= 11 is 0. The minimum absolute atomic E-state index is 0.0514. The van der Waals surface area contributed by atoms with E-state index < -0.39 is 0 Å². The summed E-state index contributed by atoms with van der Waals surface area (Å²) in [7, 11) is 3.34. The quantitative estimate of drug-likeness (QED) is 0.549. The van der Waals surface area contributed by atoms with E-state index in [0.29, 0.717) is 12.2 Å². The van der Waals surface area contributed by atoms with E-state index >= 15 is 0 Å². The van der Waals surface area contributed by atoms with E-state index in [1.54, 1.807) is 14.2 Å². The molecule has 1 aliphatic rings. The van der Waals surface area contributed by atoms with Gasteiger partial charge in [0.15, 0.2) is 0 Å². The third-order valence-corrected chi connectivity index (χ3v) is 6.15. The van der Waals surface area contributed by atoms with Crippen molar-refractivity contribution >= 4 is 5.78 Å². The maximum atomic E-state index is 13.1. The standard InChI is InChI=1S/C27H29NO3/c1-30-23-14-13-22(26(17-23)31-2)18-28-16-15-25(29)24(19-28)27(20-9-5-3-6-10-20)21-11-7-4-8-12-21/h3-14,17,24,27H,15-16,18-19H2,1-2H3. The first kappa shape index (κ1) is 21.1. The largest absolute Gasteiger partial charge is 0.497 e. The van der Waals surface area contributed by atoms with Crippen LogP contribution in [0.4, 0.5) is 0 Å². The SMILES string of the molecule is COc1ccc(CN2CCC(=O)C(C(c3ccccc3)c3ccccc3)C2)c(OC)c1. The molecule has 4 rings (SSSR count). The number of rotatable bonds is 7. The highest BCUT2D eigenvalue weighted by molar-refractivity contribution is 5.83. The van der Waals surface area contributed by atoms with Gasteiger partial charge in [0, 0.05) is 49.5 Å². The zero-order valence-corrected chi connectivity index (χ0v) is 18.2. The molecular weight excluding hydrogens is 386 g/mol. The lowest BCUT2D eigenvalue weighted by molar-refractivity contribution is -0.126. The van der Waals surface area contributed by atoms with Crippen LogP contribution in [-0.2, 0) is 11.3 Å². The van der Waals surface area contributed by atoms with Gasteiger partial charge in [-0.3, -0.25) is 9.69 Å². The summed E-state index contributed by atoms with van der Waals surface area (Å²) in [5.41, 5.74) is 3.49. The second-order valence-corrected chi connectivity index (χ2v) is 8.03. The van der Waals surface area contributed by atoms with E-state index in [9.17, 15) is 4.79 Å². The minimum atomic E-state index is -0.0807. The lowest BCUT2D eigenvalue weighted by Gasteiger charge is -2.36. The molecule has 160 valence electrons. The van der Waals surface area contributed by atoms with E-state index in [0.717, 1.165) is 36.7 Å². The Labute approximate surface area is 184 Å².